The number of aliphatic hydroxyl groups excluding tert-OH is 1. The van der Waals surface area contributed by atoms with E-state index in [0.29, 0.717) is 11.3 Å². The summed E-state index contributed by atoms with van der Waals surface area (Å²) in [5.74, 6) is 0.171. The number of rotatable bonds is 8. The fourth-order valence-electron chi connectivity index (χ4n) is 2.30. The maximum absolute atomic E-state index is 12.2. The summed E-state index contributed by atoms with van der Waals surface area (Å²) in [5, 5.41) is 10.1. The fourth-order valence-corrected chi connectivity index (χ4v) is 3.23. The zero-order chi connectivity index (χ0) is 19.9. The van der Waals surface area contributed by atoms with E-state index >= 15 is 0 Å². The van der Waals surface area contributed by atoms with Gasteiger partial charge in [-0.1, -0.05) is 42.5 Å². The quantitative estimate of drug-likeness (QED) is 0.729. The van der Waals surface area contributed by atoms with Crippen LogP contribution in [0.3, 0.4) is 0 Å². The van der Waals surface area contributed by atoms with Crippen LogP contribution >= 0.6 is 11.8 Å². The predicted octanol–water partition coefficient (Wildman–Crippen LogP) is 4.01. The number of alkyl halides is 3. The number of nitrogens with zero attached hydrogens (tertiary/aromatic N) is 1. The second kappa shape index (κ2) is 9.66. The number of aliphatic hydroxyl groups is 1. The predicted molar refractivity (Wildman–Crippen MR) is 98.3 cm³/mol. The SMILES string of the molecule is CN(Cc1ccc(OC(F)(F)F)cc1)C(=O)CSCC(O)c1ccccc1. The minimum Gasteiger partial charge on any atom is -0.406 e. The molecule has 2 aromatic rings. The molecule has 0 spiro atoms. The summed E-state index contributed by atoms with van der Waals surface area (Å²) in [6, 6.07) is 14.6. The van der Waals surface area contributed by atoms with Gasteiger partial charge in [0, 0.05) is 19.3 Å². The van der Waals surface area contributed by atoms with Gasteiger partial charge in [-0.25, -0.2) is 0 Å². The summed E-state index contributed by atoms with van der Waals surface area (Å²) in [6.45, 7) is 0.271. The first-order chi connectivity index (χ1) is 12.7. The van der Waals surface area contributed by atoms with Gasteiger partial charge in [0.05, 0.1) is 11.9 Å². The van der Waals surface area contributed by atoms with Gasteiger partial charge in [0.15, 0.2) is 0 Å². The van der Waals surface area contributed by atoms with Gasteiger partial charge in [0.25, 0.3) is 0 Å². The van der Waals surface area contributed by atoms with Crippen molar-refractivity contribution in [3.63, 3.8) is 0 Å². The van der Waals surface area contributed by atoms with E-state index in [1.54, 1.807) is 7.05 Å². The standard InChI is InChI=1S/C19H20F3NO3S/c1-23(11-14-7-9-16(10-8-14)26-19(20,21)22)18(25)13-27-12-17(24)15-5-3-2-4-6-15/h2-10,17,24H,11-13H2,1H3. The molecule has 0 saturated carbocycles. The van der Waals surface area contributed by atoms with E-state index in [4.69, 9.17) is 0 Å². The Balaban J connectivity index is 1.76. The maximum Gasteiger partial charge on any atom is 0.573 e. The normalized spacial score (nSPS) is 12.5. The Kier molecular flexibility index (Phi) is 7.55. The monoisotopic (exact) mass is 399 g/mol. The van der Waals surface area contributed by atoms with Crippen molar-refractivity contribution in [2.75, 3.05) is 18.6 Å². The van der Waals surface area contributed by atoms with Crippen LogP contribution in [0.15, 0.2) is 54.6 Å². The average Bonchev–Trinajstić information content (AvgIpc) is 2.62. The van der Waals surface area contributed by atoms with E-state index < -0.39 is 12.5 Å². The lowest BCUT2D eigenvalue weighted by Crippen LogP contribution is -2.28. The third-order valence-corrected chi connectivity index (χ3v) is 4.69. The van der Waals surface area contributed by atoms with Crippen LogP contribution in [0.25, 0.3) is 0 Å². The van der Waals surface area contributed by atoms with Gasteiger partial charge in [-0.15, -0.1) is 24.9 Å². The summed E-state index contributed by atoms with van der Waals surface area (Å²) in [5.41, 5.74) is 1.49. The Morgan fingerprint density at radius 1 is 1.15 bits per heavy atom. The first-order valence-electron chi connectivity index (χ1n) is 8.14. The van der Waals surface area contributed by atoms with Crippen molar-refractivity contribution < 1.29 is 27.8 Å². The second-order valence-corrected chi connectivity index (χ2v) is 6.91. The lowest BCUT2D eigenvalue weighted by Gasteiger charge is -2.18. The van der Waals surface area contributed by atoms with Crippen LogP contribution in [0.1, 0.15) is 17.2 Å². The van der Waals surface area contributed by atoms with Gasteiger partial charge in [0.1, 0.15) is 5.75 Å². The van der Waals surface area contributed by atoms with Gasteiger partial charge < -0.3 is 14.7 Å². The summed E-state index contributed by atoms with van der Waals surface area (Å²) in [6.07, 6.45) is -5.37. The van der Waals surface area contributed by atoms with E-state index in [0.717, 1.165) is 5.56 Å². The van der Waals surface area contributed by atoms with Crippen molar-refractivity contribution in [3.05, 3.63) is 65.7 Å². The number of hydrogen-bond donors (Lipinski definition) is 1. The molecule has 8 heteroatoms. The molecule has 0 aliphatic carbocycles. The lowest BCUT2D eigenvalue weighted by molar-refractivity contribution is -0.274. The molecule has 1 atom stereocenters. The zero-order valence-electron chi connectivity index (χ0n) is 14.6. The number of carbonyl (C=O) groups excluding carboxylic acids is 1. The number of thioether (sulfide) groups is 1. The van der Waals surface area contributed by atoms with Crippen LogP contribution in [0.2, 0.25) is 0 Å². The smallest absolute Gasteiger partial charge is 0.406 e. The topological polar surface area (TPSA) is 49.8 Å². The van der Waals surface area contributed by atoms with Gasteiger partial charge >= 0.3 is 6.36 Å². The molecule has 0 aromatic heterocycles. The largest absolute Gasteiger partial charge is 0.573 e. The van der Waals surface area contributed by atoms with Crippen LogP contribution in [0.4, 0.5) is 13.2 Å². The summed E-state index contributed by atoms with van der Waals surface area (Å²) >= 11 is 1.33. The van der Waals surface area contributed by atoms with Crippen molar-refractivity contribution in [1.82, 2.24) is 4.90 Å². The number of amides is 1. The van der Waals surface area contributed by atoms with Crippen LogP contribution in [0, 0.1) is 0 Å². The van der Waals surface area contributed by atoms with Crippen LogP contribution in [0.5, 0.6) is 5.75 Å². The van der Waals surface area contributed by atoms with E-state index in [2.05, 4.69) is 4.74 Å². The van der Waals surface area contributed by atoms with E-state index in [9.17, 15) is 23.1 Å². The molecule has 4 nitrogen and oxygen atoms in total. The summed E-state index contributed by atoms with van der Waals surface area (Å²) in [7, 11) is 1.62. The molecule has 0 aliphatic heterocycles. The number of carbonyl (C=O) groups is 1. The van der Waals surface area contributed by atoms with Crippen LogP contribution < -0.4 is 4.74 Å². The van der Waals surface area contributed by atoms with Crippen molar-refractivity contribution in [3.8, 4) is 5.75 Å². The Hall–Kier alpha value is -2.19. The van der Waals surface area contributed by atoms with Gasteiger partial charge in [0.2, 0.25) is 5.91 Å². The molecule has 0 saturated heterocycles. The molecule has 0 radical (unpaired) electrons. The highest BCUT2D eigenvalue weighted by Crippen LogP contribution is 2.23. The summed E-state index contributed by atoms with van der Waals surface area (Å²) in [4.78, 5) is 13.7. The molecule has 0 heterocycles. The average molecular weight is 399 g/mol. The molecule has 27 heavy (non-hydrogen) atoms. The molecule has 0 bridgehead atoms. The molecular weight excluding hydrogens is 379 g/mol. The third kappa shape index (κ3) is 7.52. The maximum atomic E-state index is 12.2. The first kappa shape index (κ1) is 21.1. The highest BCUT2D eigenvalue weighted by atomic mass is 32.2. The Bertz CT molecular complexity index is 723. The second-order valence-electron chi connectivity index (χ2n) is 5.88. The Morgan fingerprint density at radius 3 is 2.37 bits per heavy atom. The molecule has 2 rings (SSSR count). The highest BCUT2D eigenvalue weighted by molar-refractivity contribution is 7.99. The minimum absolute atomic E-state index is 0.129. The zero-order valence-corrected chi connectivity index (χ0v) is 15.5. The van der Waals surface area contributed by atoms with Crippen molar-refractivity contribution in [1.29, 1.82) is 0 Å². The van der Waals surface area contributed by atoms with E-state index in [-0.39, 0.29) is 24.0 Å². The molecule has 0 fully saturated rings. The number of ether oxygens (including phenoxy) is 1. The van der Waals surface area contributed by atoms with Gasteiger partial charge in [-0.05, 0) is 23.3 Å². The molecule has 0 aliphatic rings. The molecule has 1 unspecified atom stereocenters. The van der Waals surface area contributed by atoms with Crippen molar-refractivity contribution >= 4 is 17.7 Å². The molecule has 146 valence electrons. The third-order valence-electron chi connectivity index (χ3n) is 3.69. The van der Waals surface area contributed by atoms with Gasteiger partial charge in [-0.3, -0.25) is 4.79 Å². The minimum atomic E-state index is -4.73. The number of hydrogen-bond acceptors (Lipinski definition) is 4. The molecular formula is C19H20F3NO3S. The lowest BCUT2D eigenvalue weighted by atomic mass is 10.1. The molecule has 2 aromatic carbocycles. The highest BCUT2D eigenvalue weighted by Gasteiger charge is 2.30. The molecule has 1 amide bonds. The fraction of sp³-hybridized carbons (Fsp3) is 0.316. The Labute approximate surface area is 159 Å². The van der Waals surface area contributed by atoms with Crippen molar-refractivity contribution in [2.24, 2.45) is 0 Å². The Morgan fingerprint density at radius 2 is 1.78 bits per heavy atom. The van der Waals surface area contributed by atoms with Crippen LogP contribution in [-0.2, 0) is 11.3 Å². The first-order valence-corrected chi connectivity index (χ1v) is 9.29. The summed E-state index contributed by atoms with van der Waals surface area (Å²) < 4.78 is 40.3. The molecule has 1 N–H and O–H groups in total. The van der Waals surface area contributed by atoms with Crippen molar-refractivity contribution in [2.45, 2.75) is 19.0 Å². The van der Waals surface area contributed by atoms with Crippen LogP contribution in [-0.4, -0.2) is 40.8 Å². The number of halogens is 3. The van der Waals surface area contributed by atoms with Gasteiger partial charge in [-0.2, -0.15) is 0 Å². The number of benzene rings is 2. The van der Waals surface area contributed by atoms with E-state index in [1.165, 1.54) is 40.9 Å². The van der Waals surface area contributed by atoms with E-state index in [1.807, 2.05) is 30.3 Å².